The Labute approximate surface area is 194 Å². The molecule has 0 aliphatic carbocycles. The molecule has 5 nitrogen and oxygen atoms in total. The number of para-hydroxylation sites is 1. The molecule has 0 bridgehead atoms. The fourth-order valence-electron chi connectivity index (χ4n) is 2.87. The highest BCUT2D eigenvalue weighted by atomic mass is 35.5. The van der Waals surface area contributed by atoms with Gasteiger partial charge in [-0.3, -0.25) is 5.43 Å². The number of benzene rings is 3. The average Bonchev–Trinajstić information content (AvgIpc) is 3.17. The molecule has 0 spiro atoms. The van der Waals surface area contributed by atoms with Crippen LogP contribution in [0.5, 0.6) is 11.5 Å². The third-order valence-electron chi connectivity index (χ3n) is 4.33. The van der Waals surface area contributed by atoms with Crippen LogP contribution in [-0.2, 0) is 6.61 Å². The van der Waals surface area contributed by atoms with Gasteiger partial charge in [0.25, 0.3) is 0 Å². The zero-order valence-corrected chi connectivity index (χ0v) is 19.0. The molecule has 3 aromatic carbocycles. The van der Waals surface area contributed by atoms with Crippen molar-refractivity contribution in [3.63, 3.8) is 0 Å². The number of nitrogens with zero attached hydrogens (tertiary/aromatic N) is 2. The lowest BCUT2D eigenvalue weighted by atomic mass is 10.2. The number of hydrazone groups is 1. The van der Waals surface area contributed by atoms with E-state index in [1.54, 1.807) is 29.7 Å². The first-order chi connectivity index (χ1) is 15.1. The van der Waals surface area contributed by atoms with Crippen LogP contribution in [0.3, 0.4) is 0 Å². The van der Waals surface area contributed by atoms with Crippen molar-refractivity contribution in [3.05, 3.63) is 81.8 Å². The van der Waals surface area contributed by atoms with Crippen LogP contribution in [0.25, 0.3) is 10.2 Å². The van der Waals surface area contributed by atoms with Crippen LogP contribution in [-0.4, -0.2) is 17.8 Å². The molecule has 0 saturated heterocycles. The second-order valence-electron chi connectivity index (χ2n) is 6.52. The molecule has 0 fully saturated rings. The summed E-state index contributed by atoms with van der Waals surface area (Å²) in [7, 11) is 0. The molecule has 0 amide bonds. The van der Waals surface area contributed by atoms with E-state index in [0.29, 0.717) is 34.8 Å². The molecule has 4 aromatic rings. The Kier molecular flexibility index (Phi) is 6.92. The monoisotopic (exact) mass is 471 g/mol. The minimum absolute atomic E-state index is 0.308. The van der Waals surface area contributed by atoms with Crippen LogP contribution < -0.4 is 14.9 Å². The van der Waals surface area contributed by atoms with Crippen LogP contribution in [0, 0.1) is 0 Å². The third kappa shape index (κ3) is 5.47. The average molecular weight is 472 g/mol. The molecule has 31 heavy (non-hydrogen) atoms. The number of hydrogen-bond acceptors (Lipinski definition) is 6. The van der Waals surface area contributed by atoms with Crippen molar-refractivity contribution in [2.75, 3.05) is 12.0 Å². The Morgan fingerprint density at radius 1 is 1.03 bits per heavy atom. The predicted octanol–water partition coefficient (Wildman–Crippen LogP) is 7.03. The van der Waals surface area contributed by atoms with E-state index in [2.05, 4.69) is 15.5 Å². The molecule has 8 heteroatoms. The number of nitrogens with one attached hydrogen (secondary N) is 1. The summed E-state index contributed by atoms with van der Waals surface area (Å²) in [6.45, 7) is 2.75. The van der Waals surface area contributed by atoms with Gasteiger partial charge >= 0.3 is 0 Å². The van der Waals surface area contributed by atoms with Crippen LogP contribution in [0.15, 0.2) is 65.8 Å². The molecule has 158 valence electrons. The largest absolute Gasteiger partial charge is 0.490 e. The van der Waals surface area contributed by atoms with Gasteiger partial charge in [0.2, 0.25) is 5.13 Å². The van der Waals surface area contributed by atoms with Crippen molar-refractivity contribution in [2.24, 2.45) is 5.10 Å². The van der Waals surface area contributed by atoms with E-state index < -0.39 is 0 Å². The number of hydrogen-bond donors (Lipinski definition) is 1. The first kappa shape index (κ1) is 21.4. The summed E-state index contributed by atoms with van der Waals surface area (Å²) in [6.07, 6.45) is 1.72. The summed E-state index contributed by atoms with van der Waals surface area (Å²) in [5, 5.41) is 6.19. The molecule has 1 aromatic heterocycles. The molecular formula is C23H19Cl2N3O2S. The zero-order valence-electron chi connectivity index (χ0n) is 16.6. The first-order valence-electron chi connectivity index (χ1n) is 9.60. The highest BCUT2D eigenvalue weighted by Crippen LogP contribution is 2.30. The number of thiazole rings is 1. The summed E-state index contributed by atoms with van der Waals surface area (Å²) < 4.78 is 12.8. The van der Waals surface area contributed by atoms with Crippen molar-refractivity contribution >= 4 is 56.1 Å². The topological polar surface area (TPSA) is 55.7 Å². The van der Waals surface area contributed by atoms with Crippen LogP contribution in [0.4, 0.5) is 5.13 Å². The lowest BCUT2D eigenvalue weighted by Gasteiger charge is -2.13. The van der Waals surface area contributed by atoms with Gasteiger partial charge in [-0.15, -0.1) is 0 Å². The van der Waals surface area contributed by atoms with Gasteiger partial charge in [0, 0.05) is 15.6 Å². The SMILES string of the molecule is CCOc1cc(/C=N\Nc2nc3ccccc3s2)ccc1OCc1ccc(Cl)cc1Cl. The van der Waals surface area contributed by atoms with Crippen LogP contribution in [0.1, 0.15) is 18.1 Å². The van der Waals surface area contributed by atoms with E-state index in [0.717, 1.165) is 26.5 Å². The lowest BCUT2D eigenvalue weighted by molar-refractivity contribution is 0.269. The number of aromatic nitrogens is 1. The summed E-state index contributed by atoms with van der Waals surface area (Å²) in [4.78, 5) is 4.50. The highest BCUT2D eigenvalue weighted by molar-refractivity contribution is 7.22. The molecule has 0 atom stereocenters. The van der Waals surface area contributed by atoms with E-state index in [-0.39, 0.29) is 0 Å². The number of ether oxygens (including phenoxy) is 2. The van der Waals surface area contributed by atoms with Crippen molar-refractivity contribution in [3.8, 4) is 11.5 Å². The Balaban J connectivity index is 1.45. The minimum Gasteiger partial charge on any atom is -0.490 e. The van der Waals surface area contributed by atoms with Gasteiger partial charge in [-0.05, 0) is 55.0 Å². The number of anilines is 1. The normalized spacial score (nSPS) is 11.2. The van der Waals surface area contributed by atoms with Crippen molar-refractivity contribution in [2.45, 2.75) is 13.5 Å². The molecule has 0 unspecified atom stereocenters. The van der Waals surface area contributed by atoms with E-state index in [1.165, 1.54) is 0 Å². The standard InChI is InChI=1S/C23H19Cl2N3O2S/c1-2-29-21-11-15(13-26-28-23-27-19-5-3-4-6-22(19)31-23)7-10-20(21)30-14-16-8-9-17(24)12-18(16)25/h3-13H,2,14H2,1H3,(H,27,28)/b26-13-. The van der Waals surface area contributed by atoms with Crippen molar-refractivity contribution in [1.29, 1.82) is 0 Å². The van der Waals surface area contributed by atoms with Gasteiger partial charge in [-0.2, -0.15) is 5.10 Å². The van der Waals surface area contributed by atoms with Gasteiger partial charge in [0.05, 0.1) is 23.0 Å². The number of halogens is 2. The van der Waals surface area contributed by atoms with Crippen molar-refractivity contribution < 1.29 is 9.47 Å². The van der Waals surface area contributed by atoms with Gasteiger partial charge in [-0.25, -0.2) is 4.98 Å². The Bertz CT molecular complexity index is 1190. The van der Waals surface area contributed by atoms with E-state index in [4.69, 9.17) is 32.7 Å². The molecule has 0 aliphatic rings. The summed E-state index contributed by atoms with van der Waals surface area (Å²) in [5.41, 5.74) is 5.65. The van der Waals surface area contributed by atoms with Crippen molar-refractivity contribution in [1.82, 2.24) is 4.98 Å². The Morgan fingerprint density at radius 2 is 1.90 bits per heavy atom. The lowest BCUT2D eigenvalue weighted by Crippen LogP contribution is -2.01. The van der Waals surface area contributed by atoms with E-state index in [1.807, 2.05) is 55.5 Å². The quantitative estimate of drug-likeness (QED) is 0.221. The molecule has 0 radical (unpaired) electrons. The van der Waals surface area contributed by atoms with Gasteiger partial charge in [0.1, 0.15) is 6.61 Å². The van der Waals surface area contributed by atoms with E-state index in [9.17, 15) is 0 Å². The van der Waals surface area contributed by atoms with Gasteiger partial charge < -0.3 is 9.47 Å². The smallest absolute Gasteiger partial charge is 0.204 e. The third-order valence-corrected chi connectivity index (χ3v) is 5.86. The number of rotatable bonds is 8. The molecule has 0 aliphatic heterocycles. The Morgan fingerprint density at radius 3 is 2.71 bits per heavy atom. The van der Waals surface area contributed by atoms with Gasteiger partial charge in [-0.1, -0.05) is 52.7 Å². The second-order valence-corrected chi connectivity index (χ2v) is 8.39. The maximum absolute atomic E-state index is 6.23. The number of fused-ring (bicyclic) bond motifs is 1. The maximum atomic E-state index is 6.23. The zero-order chi connectivity index (χ0) is 21.6. The fourth-order valence-corrected chi connectivity index (χ4v) is 4.15. The van der Waals surface area contributed by atoms with E-state index >= 15 is 0 Å². The summed E-state index contributed by atoms with van der Waals surface area (Å²) in [5.74, 6) is 1.26. The summed E-state index contributed by atoms with van der Waals surface area (Å²) in [6, 6.07) is 18.9. The van der Waals surface area contributed by atoms with Crippen LogP contribution in [0.2, 0.25) is 10.0 Å². The molecule has 1 heterocycles. The highest BCUT2D eigenvalue weighted by Gasteiger charge is 2.09. The molecule has 4 rings (SSSR count). The molecular weight excluding hydrogens is 453 g/mol. The Hall–Kier alpha value is -2.80. The molecule has 0 saturated carbocycles. The maximum Gasteiger partial charge on any atom is 0.204 e. The minimum atomic E-state index is 0.308. The second kappa shape index (κ2) is 10.0. The van der Waals surface area contributed by atoms with Gasteiger partial charge in [0.15, 0.2) is 11.5 Å². The molecule has 1 N–H and O–H groups in total. The fraction of sp³-hybridized carbons (Fsp3) is 0.130. The first-order valence-corrected chi connectivity index (χ1v) is 11.2. The van der Waals surface area contributed by atoms with Crippen LogP contribution >= 0.6 is 34.5 Å². The predicted molar refractivity (Wildman–Crippen MR) is 129 cm³/mol. The summed E-state index contributed by atoms with van der Waals surface area (Å²) >= 11 is 13.7.